The minimum absolute atomic E-state index is 0.148. The number of aliphatic hydroxyl groups excluding tert-OH is 1. The summed E-state index contributed by atoms with van der Waals surface area (Å²) in [6, 6.07) is 2.69. The number of benzene rings is 1. The molecule has 0 aliphatic carbocycles. The monoisotopic (exact) mass is 271 g/mol. The molecule has 19 heavy (non-hydrogen) atoms. The predicted octanol–water partition coefficient (Wildman–Crippen LogP) is 2.24. The van der Waals surface area contributed by atoms with E-state index >= 15 is 0 Å². The van der Waals surface area contributed by atoms with Crippen LogP contribution in [0.2, 0.25) is 0 Å². The van der Waals surface area contributed by atoms with Gasteiger partial charge < -0.3 is 5.11 Å². The van der Waals surface area contributed by atoms with Crippen LogP contribution in [0, 0.1) is 11.6 Å². The van der Waals surface area contributed by atoms with Gasteiger partial charge in [-0.2, -0.15) is 0 Å². The third kappa shape index (κ3) is 4.36. The van der Waals surface area contributed by atoms with Gasteiger partial charge in [0.05, 0.1) is 12.1 Å². The molecule has 106 valence electrons. The topological polar surface area (TPSA) is 40.5 Å². The predicted molar refractivity (Wildman–Crippen MR) is 69.1 cm³/mol. The van der Waals surface area contributed by atoms with Crippen molar-refractivity contribution in [3.8, 4) is 0 Å². The van der Waals surface area contributed by atoms with E-state index in [1.165, 1.54) is 6.07 Å². The maximum absolute atomic E-state index is 13.1. The summed E-state index contributed by atoms with van der Waals surface area (Å²) < 4.78 is 25.9. The molecule has 0 fully saturated rings. The quantitative estimate of drug-likeness (QED) is 0.807. The van der Waals surface area contributed by atoms with Gasteiger partial charge >= 0.3 is 0 Å². The standard InChI is InChI=1S/C14H19F2NO2/c1-9(18)6-7-17(3)10(2)14(19)11-4-5-12(15)13(16)8-11/h4-5,8-10,18H,6-7H2,1-3H3. The van der Waals surface area contributed by atoms with Gasteiger partial charge in [-0.3, -0.25) is 9.69 Å². The zero-order valence-corrected chi connectivity index (χ0v) is 11.4. The number of rotatable bonds is 6. The van der Waals surface area contributed by atoms with E-state index in [0.717, 1.165) is 12.1 Å². The number of hydrogen-bond donors (Lipinski definition) is 1. The first-order valence-corrected chi connectivity index (χ1v) is 6.20. The minimum Gasteiger partial charge on any atom is -0.393 e. The van der Waals surface area contributed by atoms with E-state index in [-0.39, 0.29) is 11.3 Å². The van der Waals surface area contributed by atoms with E-state index < -0.39 is 23.8 Å². The Morgan fingerprint density at radius 1 is 1.32 bits per heavy atom. The lowest BCUT2D eigenvalue weighted by Gasteiger charge is -2.24. The van der Waals surface area contributed by atoms with Crippen molar-refractivity contribution in [1.82, 2.24) is 4.90 Å². The van der Waals surface area contributed by atoms with Gasteiger partial charge in [0.1, 0.15) is 0 Å². The van der Waals surface area contributed by atoms with Crippen molar-refractivity contribution in [3.05, 3.63) is 35.4 Å². The fourth-order valence-electron chi connectivity index (χ4n) is 1.67. The summed E-state index contributed by atoms with van der Waals surface area (Å²) in [6.45, 7) is 3.93. The average Bonchev–Trinajstić information content (AvgIpc) is 2.37. The highest BCUT2D eigenvalue weighted by Crippen LogP contribution is 2.13. The number of carbonyl (C=O) groups is 1. The maximum Gasteiger partial charge on any atom is 0.179 e. The van der Waals surface area contributed by atoms with Gasteiger partial charge in [-0.25, -0.2) is 8.78 Å². The summed E-state index contributed by atoms with van der Waals surface area (Å²) >= 11 is 0. The first-order chi connectivity index (χ1) is 8.82. The van der Waals surface area contributed by atoms with Crippen molar-refractivity contribution in [3.63, 3.8) is 0 Å². The first kappa shape index (κ1) is 15.7. The van der Waals surface area contributed by atoms with Crippen LogP contribution < -0.4 is 0 Å². The van der Waals surface area contributed by atoms with Gasteiger partial charge in [-0.15, -0.1) is 0 Å². The highest BCUT2D eigenvalue weighted by Gasteiger charge is 2.20. The van der Waals surface area contributed by atoms with Gasteiger partial charge in [0.25, 0.3) is 0 Å². The molecule has 1 N–H and O–H groups in total. The smallest absolute Gasteiger partial charge is 0.179 e. The van der Waals surface area contributed by atoms with Gasteiger partial charge in [-0.1, -0.05) is 0 Å². The summed E-state index contributed by atoms with van der Waals surface area (Å²) in [4.78, 5) is 13.9. The van der Waals surface area contributed by atoms with E-state index in [1.54, 1.807) is 25.8 Å². The van der Waals surface area contributed by atoms with Crippen molar-refractivity contribution in [2.24, 2.45) is 0 Å². The molecule has 0 saturated heterocycles. The Hall–Kier alpha value is -1.33. The Morgan fingerprint density at radius 3 is 2.47 bits per heavy atom. The second-order valence-corrected chi connectivity index (χ2v) is 4.79. The highest BCUT2D eigenvalue weighted by atomic mass is 19.2. The second kappa shape index (κ2) is 6.73. The second-order valence-electron chi connectivity index (χ2n) is 4.79. The first-order valence-electron chi connectivity index (χ1n) is 6.20. The van der Waals surface area contributed by atoms with E-state index in [9.17, 15) is 18.7 Å². The van der Waals surface area contributed by atoms with Crippen LogP contribution in [0.3, 0.4) is 0 Å². The third-order valence-electron chi connectivity index (χ3n) is 3.14. The zero-order chi connectivity index (χ0) is 14.6. The van der Waals surface area contributed by atoms with Crippen molar-refractivity contribution < 1.29 is 18.7 Å². The molecule has 5 heteroatoms. The number of nitrogens with zero attached hydrogens (tertiary/aromatic N) is 1. The fraction of sp³-hybridized carbons (Fsp3) is 0.500. The molecule has 0 spiro atoms. The molecule has 0 aliphatic rings. The molecular weight excluding hydrogens is 252 g/mol. The molecule has 0 aromatic heterocycles. The molecule has 2 atom stereocenters. The van der Waals surface area contributed by atoms with E-state index in [0.29, 0.717) is 13.0 Å². The summed E-state index contributed by atoms with van der Waals surface area (Å²) in [5.41, 5.74) is 0.148. The molecule has 0 aliphatic heterocycles. The van der Waals surface area contributed by atoms with Crippen LogP contribution in [0.5, 0.6) is 0 Å². The zero-order valence-electron chi connectivity index (χ0n) is 11.4. The van der Waals surface area contributed by atoms with Crippen molar-refractivity contribution in [2.75, 3.05) is 13.6 Å². The van der Waals surface area contributed by atoms with E-state index in [4.69, 9.17) is 0 Å². The number of ketones is 1. The summed E-state index contributed by atoms with van der Waals surface area (Å²) in [7, 11) is 1.75. The van der Waals surface area contributed by atoms with Crippen LogP contribution in [0.25, 0.3) is 0 Å². The highest BCUT2D eigenvalue weighted by molar-refractivity contribution is 5.99. The number of likely N-dealkylation sites (N-methyl/N-ethyl adjacent to an activating group) is 1. The Bertz CT molecular complexity index is 449. The van der Waals surface area contributed by atoms with E-state index in [2.05, 4.69) is 0 Å². The van der Waals surface area contributed by atoms with Gasteiger partial charge in [-0.05, 0) is 45.5 Å². The molecular formula is C14H19F2NO2. The van der Waals surface area contributed by atoms with Crippen molar-refractivity contribution in [2.45, 2.75) is 32.4 Å². The molecule has 1 aromatic carbocycles. The third-order valence-corrected chi connectivity index (χ3v) is 3.14. The van der Waals surface area contributed by atoms with Gasteiger partial charge in [0, 0.05) is 12.1 Å². The summed E-state index contributed by atoms with van der Waals surface area (Å²) in [5.74, 6) is -2.26. The van der Waals surface area contributed by atoms with Crippen LogP contribution in [0.15, 0.2) is 18.2 Å². The largest absolute Gasteiger partial charge is 0.393 e. The molecule has 1 rings (SSSR count). The average molecular weight is 271 g/mol. The van der Waals surface area contributed by atoms with E-state index in [1.807, 2.05) is 0 Å². The van der Waals surface area contributed by atoms with Crippen LogP contribution in [0.4, 0.5) is 8.78 Å². The molecule has 0 radical (unpaired) electrons. The fourth-order valence-corrected chi connectivity index (χ4v) is 1.67. The van der Waals surface area contributed by atoms with Crippen LogP contribution in [-0.4, -0.2) is 41.5 Å². The Balaban J connectivity index is 2.72. The molecule has 0 saturated carbocycles. The number of hydrogen-bond acceptors (Lipinski definition) is 3. The van der Waals surface area contributed by atoms with Crippen molar-refractivity contribution in [1.29, 1.82) is 0 Å². The normalized spacial score (nSPS) is 14.5. The lowest BCUT2D eigenvalue weighted by molar-refractivity contribution is 0.0843. The molecule has 1 aromatic rings. The van der Waals surface area contributed by atoms with Crippen LogP contribution in [0.1, 0.15) is 30.6 Å². The minimum atomic E-state index is -1.02. The number of Topliss-reactive ketones (excluding diaryl/α,β-unsaturated/α-hetero) is 1. The van der Waals surface area contributed by atoms with Gasteiger partial charge in [0.15, 0.2) is 17.4 Å². The van der Waals surface area contributed by atoms with Gasteiger partial charge in [0.2, 0.25) is 0 Å². The Labute approximate surface area is 111 Å². The van der Waals surface area contributed by atoms with Crippen LogP contribution in [-0.2, 0) is 0 Å². The summed E-state index contributed by atoms with van der Waals surface area (Å²) in [5, 5.41) is 9.20. The molecule has 0 heterocycles. The molecule has 0 amide bonds. The Kier molecular flexibility index (Phi) is 5.57. The number of halogens is 2. The number of aliphatic hydroxyl groups is 1. The molecule has 3 nitrogen and oxygen atoms in total. The molecule has 2 unspecified atom stereocenters. The van der Waals surface area contributed by atoms with Crippen LogP contribution >= 0.6 is 0 Å². The maximum atomic E-state index is 13.1. The number of carbonyl (C=O) groups excluding carboxylic acids is 1. The van der Waals surface area contributed by atoms with Crippen molar-refractivity contribution >= 4 is 5.78 Å². The lowest BCUT2D eigenvalue weighted by Crippen LogP contribution is -2.37. The summed E-state index contributed by atoms with van der Waals surface area (Å²) in [6.07, 6.45) is 0.110. The Morgan fingerprint density at radius 2 is 1.95 bits per heavy atom. The molecule has 0 bridgehead atoms. The lowest BCUT2D eigenvalue weighted by atomic mass is 10.0. The SMILES string of the molecule is CC(O)CCN(C)C(C)C(=O)c1ccc(F)c(F)c1.